The van der Waals surface area contributed by atoms with Crippen molar-refractivity contribution < 1.29 is 4.79 Å². The summed E-state index contributed by atoms with van der Waals surface area (Å²) >= 11 is 0. The lowest BCUT2D eigenvalue weighted by atomic mass is 10.2. The van der Waals surface area contributed by atoms with E-state index in [1.54, 1.807) is 6.92 Å². The van der Waals surface area contributed by atoms with Crippen LogP contribution in [0, 0.1) is 18.3 Å². The summed E-state index contributed by atoms with van der Waals surface area (Å²) < 4.78 is 0. The number of aromatic nitrogens is 2. The van der Waals surface area contributed by atoms with Crippen LogP contribution >= 0.6 is 0 Å². The van der Waals surface area contributed by atoms with Gasteiger partial charge in [-0.1, -0.05) is 0 Å². The Hall–Kier alpha value is -1.83. The molecule has 0 saturated carbocycles. The lowest BCUT2D eigenvalue weighted by molar-refractivity contribution is 0.0995. The van der Waals surface area contributed by atoms with E-state index in [0.29, 0.717) is 5.56 Å². The predicted molar refractivity (Wildman–Crippen MR) is 36.6 cm³/mol. The molecule has 11 heavy (non-hydrogen) atoms. The summed E-state index contributed by atoms with van der Waals surface area (Å²) in [6.45, 7) is 1.61. The zero-order valence-corrected chi connectivity index (χ0v) is 5.88. The Morgan fingerprint density at radius 3 is 2.73 bits per heavy atom. The minimum absolute atomic E-state index is 0.196. The molecule has 0 radical (unpaired) electrons. The van der Waals surface area contributed by atoms with Gasteiger partial charge in [-0.15, -0.1) is 0 Å². The smallest absolute Gasteiger partial charge is 0.267 e. The summed E-state index contributed by atoms with van der Waals surface area (Å²) in [5.41, 5.74) is 5.87. The van der Waals surface area contributed by atoms with Gasteiger partial charge in [0.25, 0.3) is 5.91 Å². The highest BCUT2D eigenvalue weighted by Gasteiger charge is 2.11. The molecule has 0 spiro atoms. The van der Waals surface area contributed by atoms with E-state index in [4.69, 9.17) is 11.0 Å². The van der Waals surface area contributed by atoms with E-state index in [-0.39, 0.29) is 11.4 Å². The van der Waals surface area contributed by atoms with E-state index in [2.05, 4.69) is 10.2 Å². The monoisotopic (exact) mass is 150 g/mol. The standard InChI is InChI=1S/C6H6N4O/c1-3-4(2-7)9-10-5(3)6(8)11/h1H3,(H2,8,11)(H,9,10). The molecule has 0 aliphatic rings. The van der Waals surface area contributed by atoms with Crippen LogP contribution in [-0.4, -0.2) is 16.1 Å². The molecule has 0 unspecified atom stereocenters. The normalized spacial score (nSPS) is 9.09. The highest BCUT2D eigenvalue weighted by Crippen LogP contribution is 2.06. The van der Waals surface area contributed by atoms with Crippen LogP contribution in [0.2, 0.25) is 0 Å². The first-order chi connectivity index (χ1) is 5.16. The van der Waals surface area contributed by atoms with Crippen molar-refractivity contribution in [2.75, 3.05) is 0 Å². The number of rotatable bonds is 1. The second-order valence-electron chi connectivity index (χ2n) is 2.05. The molecule has 5 nitrogen and oxygen atoms in total. The first kappa shape index (κ1) is 7.28. The van der Waals surface area contributed by atoms with Crippen molar-refractivity contribution in [1.82, 2.24) is 10.2 Å². The van der Waals surface area contributed by atoms with Gasteiger partial charge in [-0.3, -0.25) is 9.89 Å². The fraction of sp³-hybridized carbons (Fsp3) is 0.167. The summed E-state index contributed by atoms with van der Waals surface area (Å²) in [6.07, 6.45) is 0. The topological polar surface area (TPSA) is 95.6 Å². The third kappa shape index (κ3) is 1.05. The number of nitrogens with two attached hydrogens (primary N) is 1. The van der Waals surface area contributed by atoms with Crippen molar-refractivity contribution in [2.24, 2.45) is 5.73 Å². The molecule has 0 fully saturated rings. The maximum absolute atomic E-state index is 10.6. The van der Waals surface area contributed by atoms with Crippen LogP contribution < -0.4 is 5.73 Å². The van der Waals surface area contributed by atoms with Gasteiger partial charge in [0, 0.05) is 5.56 Å². The van der Waals surface area contributed by atoms with E-state index in [0.717, 1.165) is 0 Å². The fourth-order valence-corrected chi connectivity index (χ4v) is 0.747. The summed E-state index contributed by atoms with van der Waals surface area (Å²) in [6, 6.07) is 1.82. The Morgan fingerprint density at radius 2 is 2.45 bits per heavy atom. The molecule has 0 aliphatic heterocycles. The highest BCUT2D eigenvalue weighted by molar-refractivity contribution is 5.92. The number of aromatic amines is 1. The minimum atomic E-state index is -0.600. The molecule has 5 heteroatoms. The van der Waals surface area contributed by atoms with E-state index >= 15 is 0 Å². The van der Waals surface area contributed by atoms with Gasteiger partial charge in [-0.2, -0.15) is 10.4 Å². The number of H-pyrrole nitrogens is 1. The molecule has 1 aromatic rings. The first-order valence-electron chi connectivity index (χ1n) is 2.91. The zero-order chi connectivity index (χ0) is 8.43. The Morgan fingerprint density at radius 1 is 1.82 bits per heavy atom. The second kappa shape index (κ2) is 2.42. The fourth-order valence-electron chi connectivity index (χ4n) is 0.747. The maximum atomic E-state index is 10.6. The number of carbonyl (C=O) groups excluding carboxylic acids is 1. The van der Waals surface area contributed by atoms with Crippen LogP contribution in [0.5, 0.6) is 0 Å². The number of hydrogen-bond acceptors (Lipinski definition) is 3. The first-order valence-corrected chi connectivity index (χ1v) is 2.91. The van der Waals surface area contributed by atoms with Crippen LogP contribution in [-0.2, 0) is 0 Å². The Labute approximate surface area is 62.8 Å². The quantitative estimate of drug-likeness (QED) is 0.574. The predicted octanol–water partition coefficient (Wildman–Crippen LogP) is -0.311. The Balaban J connectivity index is 3.24. The third-order valence-electron chi connectivity index (χ3n) is 1.36. The van der Waals surface area contributed by atoms with E-state index in [9.17, 15) is 4.79 Å². The van der Waals surface area contributed by atoms with Crippen molar-refractivity contribution in [3.63, 3.8) is 0 Å². The van der Waals surface area contributed by atoms with Crippen LogP contribution in [0.4, 0.5) is 0 Å². The zero-order valence-electron chi connectivity index (χ0n) is 5.88. The number of nitrogens with one attached hydrogen (secondary N) is 1. The second-order valence-corrected chi connectivity index (χ2v) is 2.05. The minimum Gasteiger partial charge on any atom is -0.364 e. The lowest BCUT2D eigenvalue weighted by Gasteiger charge is -1.88. The molecule has 0 atom stereocenters. The molecule has 1 amide bonds. The van der Waals surface area contributed by atoms with E-state index < -0.39 is 5.91 Å². The molecule has 1 aromatic heterocycles. The number of hydrogen-bond donors (Lipinski definition) is 2. The number of primary amides is 1. The van der Waals surface area contributed by atoms with Crippen molar-refractivity contribution in [3.05, 3.63) is 17.0 Å². The van der Waals surface area contributed by atoms with Gasteiger partial charge in [0.2, 0.25) is 0 Å². The average molecular weight is 150 g/mol. The van der Waals surface area contributed by atoms with Crippen molar-refractivity contribution in [1.29, 1.82) is 5.26 Å². The van der Waals surface area contributed by atoms with Gasteiger partial charge < -0.3 is 5.73 Å². The van der Waals surface area contributed by atoms with Gasteiger partial charge in [0.05, 0.1) is 0 Å². The molecule has 0 bridgehead atoms. The summed E-state index contributed by atoms with van der Waals surface area (Å²) in [5.74, 6) is -0.600. The summed E-state index contributed by atoms with van der Waals surface area (Å²) in [5, 5.41) is 14.4. The third-order valence-corrected chi connectivity index (χ3v) is 1.36. The van der Waals surface area contributed by atoms with Crippen molar-refractivity contribution >= 4 is 5.91 Å². The van der Waals surface area contributed by atoms with Crippen LogP contribution in [0.1, 0.15) is 21.7 Å². The summed E-state index contributed by atoms with van der Waals surface area (Å²) in [7, 11) is 0. The number of nitriles is 1. The number of carbonyl (C=O) groups is 1. The molecule has 1 heterocycles. The SMILES string of the molecule is Cc1c(C#N)n[nH]c1C(N)=O. The van der Waals surface area contributed by atoms with Gasteiger partial charge in [0.1, 0.15) is 11.8 Å². The summed E-state index contributed by atoms with van der Waals surface area (Å²) in [4.78, 5) is 10.6. The van der Waals surface area contributed by atoms with Crippen LogP contribution in [0.25, 0.3) is 0 Å². The Bertz CT molecular complexity index is 333. The molecule has 0 aromatic carbocycles. The van der Waals surface area contributed by atoms with Gasteiger partial charge in [-0.25, -0.2) is 0 Å². The molecule has 1 rings (SSSR count). The highest BCUT2D eigenvalue weighted by atomic mass is 16.1. The van der Waals surface area contributed by atoms with Gasteiger partial charge in [-0.05, 0) is 6.92 Å². The van der Waals surface area contributed by atoms with Crippen LogP contribution in [0.15, 0.2) is 0 Å². The Kier molecular flexibility index (Phi) is 1.60. The molecule has 3 N–H and O–H groups in total. The van der Waals surface area contributed by atoms with Gasteiger partial charge >= 0.3 is 0 Å². The molecular weight excluding hydrogens is 144 g/mol. The maximum Gasteiger partial charge on any atom is 0.267 e. The van der Waals surface area contributed by atoms with Crippen molar-refractivity contribution in [3.8, 4) is 6.07 Å². The molecular formula is C6H6N4O. The van der Waals surface area contributed by atoms with Crippen molar-refractivity contribution in [2.45, 2.75) is 6.92 Å². The van der Waals surface area contributed by atoms with Gasteiger partial charge in [0.15, 0.2) is 5.69 Å². The average Bonchev–Trinajstić information content (AvgIpc) is 2.30. The van der Waals surface area contributed by atoms with E-state index in [1.165, 1.54) is 0 Å². The molecule has 56 valence electrons. The molecule has 0 aliphatic carbocycles. The number of nitrogens with zero attached hydrogens (tertiary/aromatic N) is 2. The molecule has 0 saturated heterocycles. The van der Waals surface area contributed by atoms with E-state index in [1.807, 2.05) is 6.07 Å². The largest absolute Gasteiger partial charge is 0.364 e. The van der Waals surface area contributed by atoms with Crippen LogP contribution in [0.3, 0.4) is 0 Å². The lowest BCUT2D eigenvalue weighted by Crippen LogP contribution is -2.12. The number of amides is 1.